The molecule has 1 rings (SSSR count). The lowest BCUT2D eigenvalue weighted by Crippen LogP contribution is -2.61. The van der Waals surface area contributed by atoms with Crippen LogP contribution >= 0.6 is 0 Å². The SMILES string of the molecule is CCCC[C@H](N)C(=O)N1CCN(C)C(C)(C)C1. The fourth-order valence-electron chi connectivity index (χ4n) is 2.21. The van der Waals surface area contributed by atoms with Crippen LogP contribution in [-0.4, -0.2) is 54.0 Å². The van der Waals surface area contributed by atoms with Gasteiger partial charge in [0.1, 0.15) is 0 Å². The lowest BCUT2D eigenvalue weighted by molar-refractivity contribution is -0.137. The molecule has 1 amide bonds. The van der Waals surface area contributed by atoms with E-state index >= 15 is 0 Å². The number of amides is 1. The smallest absolute Gasteiger partial charge is 0.239 e. The van der Waals surface area contributed by atoms with Gasteiger partial charge in [0.05, 0.1) is 6.04 Å². The zero-order chi connectivity index (χ0) is 13.1. The molecule has 0 unspecified atom stereocenters. The quantitative estimate of drug-likeness (QED) is 0.800. The summed E-state index contributed by atoms with van der Waals surface area (Å²) in [6.07, 6.45) is 2.93. The van der Waals surface area contributed by atoms with Crippen molar-refractivity contribution in [1.82, 2.24) is 9.80 Å². The molecular formula is C13H27N3O. The van der Waals surface area contributed by atoms with E-state index in [0.29, 0.717) is 0 Å². The molecular weight excluding hydrogens is 214 g/mol. The van der Waals surface area contributed by atoms with Crippen molar-refractivity contribution >= 4 is 5.91 Å². The monoisotopic (exact) mass is 241 g/mol. The molecule has 4 nitrogen and oxygen atoms in total. The number of nitrogens with two attached hydrogens (primary N) is 1. The highest BCUT2D eigenvalue weighted by molar-refractivity contribution is 5.81. The van der Waals surface area contributed by atoms with Crippen LogP contribution in [0.15, 0.2) is 0 Å². The summed E-state index contributed by atoms with van der Waals surface area (Å²) < 4.78 is 0. The molecule has 0 bridgehead atoms. The first-order valence-electron chi connectivity index (χ1n) is 6.64. The third kappa shape index (κ3) is 3.68. The van der Waals surface area contributed by atoms with Crippen LogP contribution in [-0.2, 0) is 4.79 Å². The lowest BCUT2D eigenvalue weighted by Gasteiger charge is -2.45. The van der Waals surface area contributed by atoms with Gasteiger partial charge in [0.2, 0.25) is 5.91 Å². The maximum Gasteiger partial charge on any atom is 0.239 e. The van der Waals surface area contributed by atoms with Crippen LogP contribution in [0.2, 0.25) is 0 Å². The van der Waals surface area contributed by atoms with Gasteiger partial charge in [0.15, 0.2) is 0 Å². The van der Waals surface area contributed by atoms with Gasteiger partial charge in [-0.15, -0.1) is 0 Å². The number of rotatable bonds is 4. The van der Waals surface area contributed by atoms with Crippen LogP contribution in [0.3, 0.4) is 0 Å². The zero-order valence-electron chi connectivity index (χ0n) is 11.7. The highest BCUT2D eigenvalue weighted by Crippen LogP contribution is 2.19. The number of nitrogens with zero attached hydrogens (tertiary/aromatic N) is 2. The highest BCUT2D eigenvalue weighted by atomic mass is 16.2. The number of unbranched alkanes of at least 4 members (excludes halogenated alkanes) is 1. The first-order valence-corrected chi connectivity index (χ1v) is 6.64. The molecule has 1 aliphatic heterocycles. The number of piperazine rings is 1. The van der Waals surface area contributed by atoms with E-state index in [1.807, 2.05) is 4.90 Å². The number of likely N-dealkylation sites (N-methyl/N-ethyl adjacent to an activating group) is 1. The number of carbonyl (C=O) groups is 1. The van der Waals surface area contributed by atoms with Crippen LogP contribution in [0, 0.1) is 0 Å². The fourth-order valence-corrected chi connectivity index (χ4v) is 2.21. The Bertz CT molecular complexity index is 265. The average Bonchev–Trinajstić information content (AvgIpc) is 2.28. The molecule has 0 aromatic carbocycles. The molecule has 4 heteroatoms. The normalized spacial score (nSPS) is 22.5. The van der Waals surface area contributed by atoms with Crippen molar-refractivity contribution in [3.05, 3.63) is 0 Å². The first-order chi connectivity index (χ1) is 7.88. The minimum Gasteiger partial charge on any atom is -0.338 e. The van der Waals surface area contributed by atoms with Crippen LogP contribution in [0.1, 0.15) is 40.0 Å². The van der Waals surface area contributed by atoms with Gasteiger partial charge in [0.25, 0.3) is 0 Å². The van der Waals surface area contributed by atoms with Gasteiger partial charge in [0, 0.05) is 25.2 Å². The molecule has 1 saturated heterocycles. The van der Waals surface area contributed by atoms with Gasteiger partial charge in [-0.3, -0.25) is 9.69 Å². The maximum atomic E-state index is 12.2. The van der Waals surface area contributed by atoms with E-state index in [1.54, 1.807) is 0 Å². The molecule has 0 aromatic heterocycles. The number of carbonyl (C=O) groups excluding carboxylic acids is 1. The first kappa shape index (κ1) is 14.5. The molecule has 17 heavy (non-hydrogen) atoms. The molecule has 0 saturated carbocycles. The van der Waals surface area contributed by atoms with Crippen molar-refractivity contribution in [3.63, 3.8) is 0 Å². The number of hydrogen-bond acceptors (Lipinski definition) is 3. The summed E-state index contributed by atoms with van der Waals surface area (Å²) in [4.78, 5) is 16.4. The minimum atomic E-state index is -0.311. The molecule has 0 aromatic rings. The molecule has 0 aliphatic carbocycles. The standard InChI is InChI=1S/C13H27N3O/c1-5-6-7-11(14)12(17)16-9-8-15(4)13(2,3)10-16/h11H,5-10,14H2,1-4H3/t11-/m0/s1. The topological polar surface area (TPSA) is 49.6 Å². The summed E-state index contributed by atoms with van der Waals surface area (Å²) in [6.45, 7) is 8.98. The second kappa shape index (κ2) is 5.83. The Morgan fingerprint density at radius 2 is 2.06 bits per heavy atom. The van der Waals surface area contributed by atoms with E-state index in [0.717, 1.165) is 38.9 Å². The maximum absolute atomic E-state index is 12.2. The Kier molecular flexibility index (Phi) is 4.95. The summed E-state index contributed by atoms with van der Waals surface area (Å²) in [5.74, 6) is 0.125. The summed E-state index contributed by atoms with van der Waals surface area (Å²) in [7, 11) is 2.11. The van der Waals surface area contributed by atoms with Crippen LogP contribution < -0.4 is 5.73 Å². The van der Waals surface area contributed by atoms with Crippen molar-refractivity contribution in [2.75, 3.05) is 26.7 Å². The Morgan fingerprint density at radius 1 is 1.41 bits per heavy atom. The Hall–Kier alpha value is -0.610. The Labute approximate surface area is 105 Å². The average molecular weight is 241 g/mol. The second-order valence-corrected chi connectivity index (χ2v) is 5.74. The summed E-state index contributed by atoms with van der Waals surface area (Å²) in [6, 6.07) is -0.311. The Morgan fingerprint density at radius 3 is 2.59 bits per heavy atom. The van der Waals surface area contributed by atoms with E-state index in [4.69, 9.17) is 5.73 Å². The number of hydrogen-bond donors (Lipinski definition) is 1. The molecule has 1 heterocycles. The van der Waals surface area contributed by atoms with Crippen molar-refractivity contribution in [2.24, 2.45) is 5.73 Å². The van der Waals surface area contributed by atoms with E-state index in [1.165, 1.54) is 0 Å². The van der Waals surface area contributed by atoms with E-state index < -0.39 is 0 Å². The van der Waals surface area contributed by atoms with E-state index in [-0.39, 0.29) is 17.5 Å². The summed E-state index contributed by atoms with van der Waals surface area (Å²) in [5, 5.41) is 0. The summed E-state index contributed by atoms with van der Waals surface area (Å²) in [5.41, 5.74) is 6.01. The van der Waals surface area contributed by atoms with Gasteiger partial charge >= 0.3 is 0 Å². The van der Waals surface area contributed by atoms with Crippen molar-refractivity contribution < 1.29 is 4.79 Å². The molecule has 1 fully saturated rings. The molecule has 0 radical (unpaired) electrons. The molecule has 0 spiro atoms. The predicted octanol–water partition coefficient (Wildman–Crippen LogP) is 1.06. The van der Waals surface area contributed by atoms with Crippen LogP contribution in [0.4, 0.5) is 0 Å². The largest absolute Gasteiger partial charge is 0.338 e. The molecule has 2 N–H and O–H groups in total. The minimum absolute atomic E-state index is 0.0540. The molecule has 100 valence electrons. The third-order valence-electron chi connectivity index (χ3n) is 3.81. The second-order valence-electron chi connectivity index (χ2n) is 5.74. The molecule has 1 atom stereocenters. The van der Waals surface area contributed by atoms with Gasteiger partial charge in [-0.2, -0.15) is 0 Å². The zero-order valence-corrected chi connectivity index (χ0v) is 11.7. The fraction of sp³-hybridized carbons (Fsp3) is 0.923. The van der Waals surface area contributed by atoms with Crippen molar-refractivity contribution in [2.45, 2.75) is 51.6 Å². The van der Waals surface area contributed by atoms with Gasteiger partial charge in [-0.1, -0.05) is 19.8 Å². The van der Waals surface area contributed by atoms with E-state index in [9.17, 15) is 4.79 Å². The van der Waals surface area contributed by atoms with Gasteiger partial charge in [-0.05, 0) is 27.3 Å². The summed E-state index contributed by atoms with van der Waals surface area (Å²) >= 11 is 0. The van der Waals surface area contributed by atoms with Gasteiger partial charge in [-0.25, -0.2) is 0 Å². The van der Waals surface area contributed by atoms with Crippen molar-refractivity contribution in [1.29, 1.82) is 0 Å². The third-order valence-corrected chi connectivity index (χ3v) is 3.81. The van der Waals surface area contributed by atoms with Gasteiger partial charge < -0.3 is 10.6 Å². The predicted molar refractivity (Wildman–Crippen MR) is 70.8 cm³/mol. The van der Waals surface area contributed by atoms with Crippen molar-refractivity contribution in [3.8, 4) is 0 Å². The Balaban J connectivity index is 2.53. The van der Waals surface area contributed by atoms with E-state index in [2.05, 4.69) is 32.7 Å². The lowest BCUT2D eigenvalue weighted by atomic mass is 9.98. The van der Waals surface area contributed by atoms with Crippen LogP contribution in [0.25, 0.3) is 0 Å². The highest BCUT2D eigenvalue weighted by Gasteiger charge is 2.34. The van der Waals surface area contributed by atoms with Crippen LogP contribution in [0.5, 0.6) is 0 Å². The molecule has 1 aliphatic rings.